The highest BCUT2D eigenvalue weighted by atomic mass is 35.6. The van der Waals surface area contributed by atoms with E-state index in [0.717, 1.165) is 0 Å². The number of aromatic nitrogens is 2. The van der Waals surface area contributed by atoms with Gasteiger partial charge in [-0.25, -0.2) is 10.0 Å². The van der Waals surface area contributed by atoms with E-state index in [-0.39, 0.29) is 5.95 Å². The molecule has 0 aliphatic heterocycles. The minimum Gasteiger partial charge on any atom is -0.740 e. The standard InChI is InChI=1S/C6H6Cl3N3O2/c7-6(8,9)4(13)11-5-10-2-1-3-12(5)14/h1-4,13H,(H,10,11). The summed E-state index contributed by atoms with van der Waals surface area (Å²) in [6, 6.07) is 1.43. The van der Waals surface area contributed by atoms with Gasteiger partial charge in [-0.15, -0.1) is 0 Å². The summed E-state index contributed by atoms with van der Waals surface area (Å²) in [7, 11) is 0. The van der Waals surface area contributed by atoms with Gasteiger partial charge in [-0.3, -0.25) is 0 Å². The molecular formula is C6H6Cl3N3O2. The Labute approximate surface area is 94.8 Å². The maximum atomic E-state index is 11.0. The van der Waals surface area contributed by atoms with E-state index in [2.05, 4.69) is 10.3 Å². The molecule has 1 unspecified atom stereocenters. The first-order valence-corrected chi connectivity index (χ1v) is 4.60. The molecule has 0 aliphatic rings. The van der Waals surface area contributed by atoms with Crippen molar-refractivity contribution in [3.63, 3.8) is 0 Å². The zero-order chi connectivity index (χ0) is 10.8. The summed E-state index contributed by atoms with van der Waals surface area (Å²) < 4.78 is -1.52. The smallest absolute Gasteiger partial charge is 0.394 e. The third kappa shape index (κ3) is 3.02. The van der Waals surface area contributed by atoms with Crippen molar-refractivity contribution in [2.75, 3.05) is 5.32 Å². The second-order valence-electron chi connectivity index (χ2n) is 2.36. The summed E-state index contributed by atoms with van der Waals surface area (Å²) in [6.45, 7) is 0. The summed E-state index contributed by atoms with van der Waals surface area (Å²) in [5.41, 5.74) is 0. The molecule has 0 spiro atoms. The first-order chi connectivity index (χ1) is 6.41. The van der Waals surface area contributed by atoms with Crippen LogP contribution in [0.3, 0.4) is 0 Å². The van der Waals surface area contributed by atoms with Crippen LogP contribution in [0.15, 0.2) is 18.5 Å². The van der Waals surface area contributed by atoms with Crippen molar-refractivity contribution in [3.8, 4) is 0 Å². The molecule has 78 valence electrons. The second-order valence-corrected chi connectivity index (χ2v) is 4.73. The van der Waals surface area contributed by atoms with Gasteiger partial charge in [0.1, 0.15) is 6.20 Å². The molecule has 1 rings (SSSR count). The Bertz CT molecular complexity index is 317. The van der Waals surface area contributed by atoms with Crippen LogP contribution >= 0.6 is 34.8 Å². The number of nitrogens with zero attached hydrogens (tertiary/aromatic N) is 2. The van der Waals surface area contributed by atoms with Gasteiger partial charge >= 0.3 is 5.95 Å². The van der Waals surface area contributed by atoms with Crippen LogP contribution in [0.5, 0.6) is 0 Å². The minimum absolute atomic E-state index is 0.147. The number of aliphatic hydroxyl groups is 1. The lowest BCUT2D eigenvalue weighted by molar-refractivity contribution is -0.593. The number of aliphatic hydroxyl groups excluding tert-OH is 1. The minimum atomic E-state index is -1.93. The Hall–Kier alpha value is -0.490. The molecule has 5 nitrogen and oxygen atoms in total. The third-order valence-electron chi connectivity index (χ3n) is 1.29. The zero-order valence-corrected chi connectivity index (χ0v) is 8.96. The fourth-order valence-corrected chi connectivity index (χ4v) is 0.826. The lowest BCUT2D eigenvalue weighted by Crippen LogP contribution is -2.40. The molecule has 0 bridgehead atoms. The molecule has 0 saturated carbocycles. The van der Waals surface area contributed by atoms with E-state index < -0.39 is 10.0 Å². The number of hydrogen-bond acceptors (Lipinski definition) is 4. The summed E-state index contributed by atoms with van der Waals surface area (Å²) in [5.74, 6) is -0.147. The van der Waals surface area contributed by atoms with Gasteiger partial charge in [-0.2, -0.15) is 0 Å². The van der Waals surface area contributed by atoms with Gasteiger partial charge in [0.15, 0.2) is 0 Å². The number of halogens is 3. The molecule has 1 aromatic heterocycles. The summed E-state index contributed by atoms with van der Waals surface area (Å²) in [4.78, 5) is 3.64. The summed E-state index contributed by atoms with van der Waals surface area (Å²) in [6.07, 6.45) is 1.05. The highest BCUT2D eigenvalue weighted by Crippen LogP contribution is 2.29. The third-order valence-corrected chi connectivity index (χ3v) is 1.91. The molecule has 0 aromatic carbocycles. The molecule has 0 amide bonds. The first-order valence-electron chi connectivity index (χ1n) is 3.47. The normalized spacial score (nSPS) is 13.7. The van der Waals surface area contributed by atoms with Crippen molar-refractivity contribution < 1.29 is 9.84 Å². The largest absolute Gasteiger partial charge is 0.740 e. The van der Waals surface area contributed by atoms with Crippen LogP contribution in [-0.2, 0) is 0 Å². The van der Waals surface area contributed by atoms with Gasteiger partial charge in [0, 0.05) is 6.07 Å². The lowest BCUT2D eigenvalue weighted by Gasteiger charge is -2.17. The van der Waals surface area contributed by atoms with E-state index in [9.17, 15) is 10.3 Å². The van der Waals surface area contributed by atoms with Crippen LogP contribution in [0.1, 0.15) is 0 Å². The van der Waals surface area contributed by atoms with E-state index in [0.29, 0.717) is 4.73 Å². The predicted octanol–water partition coefficient (Wildman–Crippen LogP) is 0.816. The van der Waals surface area contributed by atoms with Crippen LogP contribution < -0.4 is 10.0 Å². The zero-order valence-electron chi connectivity index (χ0n) is 6.69. The molecule has 14 heavy (non-hydrogen) atoms. The van der Waals surface area contributed by atoms with Gasteiger partial charge in [-0.1, -0.05) is 39.8 Å². The molecular weight excluding hydrogens is 252 g/mol. The van der Waals surface area contributed by atoms with Gasteiger partial charge < -0.3 is 10.3 Å². The maximum Gasteiger partial charge on any atom is 0.394 e. The van der Waals surface area contributed by atoms with Crippen molar-refractivity contribution in [2.24, 2.45) is 0 Å². The average Bonchev–Trinajstić information content (AvgIpc) is 2.07. The second kappa shape index (κ2) is 4.35. The molecule has 0 fully saturated rings. The summed E-state index contributed by atoms with van der Waals surface area (Å²) in [5, 5.41) is 22.5. The molecule has 0 aliphatic carbocycles. The Morgan fingerprint density at radius 3 is 2.71 bits per heavy atom. The van der Waals surface area contributed by atoms with Gasteiger partial charge in [0.2, 0.25) is 10.0 Å². The van der Waals surface area contributed by atoms with Gasteiger partial charge in [-0.05, 0) is 0 Å². The number of hydrogen-bond donors (Lipinski definition) is 2. The molecule has 0 radical (unpaired) electrons. The van der Waals surface area contributed by atoms with Crippen molar-refractivity contribution in [1.29, 1.82) is 0 Å². The fourth-order valence-electron chi connectivity index (χ4n) is 0.663. The number of nitrogens with one attached hydrogen (secondary N) is 1. The number of alkyl halides is 3. The monoisotopic (exact) mass is 257 g/mol. The van der Waals surface area contributed by atoms with Crippen LogP contribution in [0.2, 0.25) is 0 Å². The van der Waals surface area contributed by atoms with Crippen LogP contribution in [0, 0.1) is 5.21 Å². The molecule has 1 aromatic rings. The SMILES string of the molecule is [O-][n+]1cccnc1NC(O)C(Cl)(Cl)Cl. The maximum absolute atomic E-state index is 11.0. The average molecular weight is 258 g/mol. The summed E-state index contributed by atoms with van der Waals surface area (Å²) >= 11 is 16.1. The van der Waals surface area contributed by atoms with Crippen molar-refractivity contribution in [1.82, 2.24) is 4.98 Å². The number of anilines is 1. The van der Waals surface area contributed by atoms with Gasteiger partial charge in [0.25, 0.3) is 0 Å². The Kier molecular flexibility index (Phi) is 3.60. The Morgan fingerprint density at radius 2 is 2.21 bits per heavy atom. The van der Waals surface area contributed by atoms with E-state index in [1.54, 1.807) is 0 Å². The van der Waals surface area contributed by atoms with E-state index in [1.165, 1.54) is 18.5 Å². The van der Waals surface area contributed by atoms with Crippen molar-refractivity contribution in [2.45, 2.75) is 10.0 Å². The van der Waals surface area contributed by atoms with Crippen molar-refractivity contribution >= 4 is 40.8 Å². The Balaban J connectivity index is 2.75. The first kappa shape index (κ1) is 11.6. The highest BCUT2D eigenvalue weighted by molar-refractivity contribution is 6.68. The van der Waals surface area contributed by atoms with Crippen LogP contribution in [-0.4, -0.2) is 20.1 Å². The molecule has 1 atom stereocenters. The van der Waals surface area contributed by atoms with E-state index >= 15 is 0 Å². The fraction of sp³-hybridized carbons (Fsp3) is 0.333. The lowest BCUT2D eigenvalue weighted by atomic mass is 10.6. The highest BCUT2D eigenvalue weighted by Gasteiger charge is 2.34. The van der Waals surface area contributed by atoms with Crippen LogP contribution in [0.25, 0.3) is 0 Å². The molecule has 0 saturated heterocycles. The topological polar surface area (TPSA) is 72.1 Å². The Morgan fingerprint density at radius 1 is 1.57 bits per heavy atom. The number of rotatable bonds is 2. The predicted molar refractivity (Wildman–Crippen MR) is 53.1 cm³/mol. The molecule has 1 heterocycles. The van der Waals surface area contributed by atoms with E-state index in [1.807, 2.05) is 0 Å². The van der Waals surface area contributed by atoms with E-state index in [4.69, 9.17) is 34.8 Å². The molecule has 2 N–H and O–H groups in total. The molecule has 8 heteroatoms. The van der Waals surface area contributed by atoms with Crippen molar-refractivity contribution in [3.05, 3.63) is 23.7 Å². The quantitative estimate of drug-likeness (QED) is 0.356. The van der Waals surface area contributed by atoms with Crippen LogP contribution in [0.4, 0.5) is 5.95 Å². The van der Waals surface area contributed by atoms with Gasteiger partial charge in [0.05, 0.1) is 6.20 Å².